The Morgan fingerprint density at radius 1 is 1.35 bits per heavy atom. The normalized spacial score (nSPS) is 19.1. The zero-order valence-corrected chi connectivity index (χ0v) is 13.4. The lowest BCUT2D eigenvalue weighted by atomic mass is 10.0. The van der Waals surface area contributed by atoms with Gasteiger partial charge in [-0.25, -0.2) is 4.98 Å². The number of aromatic amines is 1. The van der Waals surface area contributed by atoms with Crippen LogP contribution in [-0.4, -0.2) is 9.97 Å². The van der Waals surface area contributed by atoms with E-state index in [0.717, 1.165) is 15.7 Å². The lowest BCUT2D eigenvalue weighted by Gasteiger charge is -2.06. The summed E-state index contributed by atoms with van der Waals surface area (Å²) in [5.41, 5.74) is 7.83. The molecule has 0 unspecified atom stereocenters. The molecule has 0 aliphatic heterocycles. The van der Waals surface area contributed by atoms with Crippen LogP contribution in [0, 0.1) is 12.3 Å². The molecule has 0 saturated heterocycles. The molecule has 20 heavy (non-hydrogen) atoms. The molecular formula is C15H19Cl2N3. The average molecular weight is 312 g/mol. The minimum Gasteiger partial charge on any atom is -0.369 e. The molecule has 1 fully saturated rings. The van der Waals surface area contributed by atoms with Crippen LogP contribution in [0.4, 0.5) is 5.95 Å². The quantitative estimate of drug-likeness (QED) is 0.794. The third-order valence-electron chi connectivity index (χ3n) is 3.57. The van der Waals surface area contributed by atoms with Gasteiger partial charge in [-0.1, -0.05) is 37.0 Å². The predicted molar refractivity (Wildman–Crippen MR) is 85.3 cm³/mol. The summed E-state index contributed by atoms with van der Waals surface area (Å²) in [7, 11) is 0. The van der Waals surface area contributed by atoms with Crippen LogP contribution in [0.15, 0.2) is 24.4 Å². The molecule has 1 aliphatic carbocycles. The Balaban J connectivity index is 0.000000178. The Labute approximate surface area is 129 Å². The van der Waals surface area contributed by atoms with Crippen LogP contribution < -0.4 is 5.73 Å². The monoisotopic (exact) mass is 311 g/mol. The molecule has 1 aromatic carbocycles. The van der Waals surface area contributed by atoms with E-state index in [9.17, 15) is 0 Å². The number of aromatic nitrogens is 2. The van der Waals surface area contributed by atoms with Crippen molar-refractivity contribution >= 4 is 29.2 Å². The number of benzene rings is 1. The number of hydrogen-bond donors (Lipinski definition) is 2. The van der Waals surface area contributed by atoms with Gasteiger partial charge >= 0.3 is 0 Å². The van der Waals surface area contributed by atoms with E-state index in [0.29, 0.717) is 17.3 Å². The van der Waals surface area contributed by atoms with Gasteiger partial charge in [0.2, 0.25) is 0 Å². The van der Waals surface area contributed by atoms with Crippen molar-refractivity contribution in [1.82, 2.24) is 9.97 Å². The van der Waals surface area contributed by atoms with Gasteiger partial charge in [0, 0.05) is 21.9 Å². The number of hydrogen-bond acceptors (Lipinski definition) is 2. The van der Waals surface area contributed by atoms with Crippen LogP contribution in [0.1, 0.15) is 37.4 Å². The van der Waals surface area contributed by atoms with E-state index >= 15 is 0 Å². The second kappa shape index (κ2) is 5.66. The summed E-state index contributed by atoms with van der Waals surface area (Å²) < 4.78 is 0. The fraction of sp³-hybridized carbons (Fsp3) is 0.400. The molecule has 1 aliphatic rings. The highest BCUT2D eigenvalue weighted by molar-refractivity contribution is 6.33. The van der Waals surface area contributed by atoms with Gasteiger partial charge in [-0.15, -0.1) is 0 Å². The minimum absolute atomic E-state index is 0.411. The Kier molecular flexibility index (Phi) is 4.31. The third kappa shape index (κ3) is 3.68. The number of nitrogens with two attached hydrogens (primary N) is 1. The molecule has 0 spiro atoms. The summed E-state index contributed by atoms with van der Waals surface area (Å²) in [6, 6.07) is 5.71. The Morgan fingerprint density at radius 3 is 2.40 bits per heavy atom. The maximum absolute atomic E-state index is 6.10. The molecule has 3 nitrogen and oxygen atoms in total. The molecule has 1 atom stereocenters. The fourth-order valence-corrected chi connectivity index (χ4v) is 2.64. The first-order chi connectivity index (χ1) is 9.29. The largest absolute Gasteiger partial charge is 0.369 e. The van der Waals surface area contributed by atoms with Gasteiger partial charge in [0.15, 0.2) is 5.95 Å². The van der Waals surface area contributed by atoms with E-state index in [2.05, 4.69) is 23.8 Å². The van der Waals surface area contributed by atoms with E-state index in [1.807, 2.05) is 25.1 Å². The summed E-state index contributed by atoms with van der Waals surface area (Å²) in [4.78, 5) is 6.54. The van der Waals surface area contributed by atoms with Crippen LogP contribution in [-0.2, 0) is 0 Å². The average Bonchev–Trinajstić information content (AvgIpc) is 2.82. The molecular weight excluding hydrogens is 293 g/mol. The molecule has 3 rings (SSSR count). The number of nitrogens with one attached hydrogen (secondary N) is 1. The van der Waals surface area contributed by atoms with Crippen molar-refractivity contribution in [3.63, 3.8) is 0 Å². The molecule has 0 bridgehead atoms. The smallest absolute Gasteiger partial charge is 0.197 e. The molecule has 108 valence electrons. The SMILES string of the molecule is CC1(C)C[C@H]1c1cc(Cl)ccc1Cl.Cc1cnc(N)[nH]1. The maximum atomic E-state index is 6.10. The first-order valence-corrected chi connectivity index (χ1v) is 7.27. The summed E-state index contributed by atoms with van der Waals surface area (Å²) >= 11 is 12.0. The van der Waals surface area contributed by atoms with Gasteiger partial charge in [0.25, 0.3) is 0 Å². The molecule has 1 saturated carbocycles. The standard InChI is InChI=1S/C11H12Cl2.C4H7N3/c1-11(2)6-9(11)8-5-7(12)3-4-10(8)13;1-3-2-6-4(5)7-3/h3-5,9H,6H2,1-2H3;2H,1H3,(H3,5,6,7)/t9-;/m0./s1. The van der Waals surface area contributed by atoms with Crippen molar-refractivity contribution in [3.8, 4) is 0 Å². The fourth-order valence-electron chi connectivity index (χ4n) is 2.21. The predicted octanol–water partition coefficient (Wildman–Crippen LogP) is 4.81. The van der Waals surface area contributed by atoms with E-state index in [-0.39, 0.29) is 0 Å². The summed E-state index contributed by atoms with van der Waals surface area (Å²) in [5, 5.41) is 1.63. The summed E-state index contributed by atoms with van der Waals surface area (Å²) in [6.07, 6.45) is 2.91. The second-order valence-electron chi connectivity index (χ2n) is 5.86. The van der Waals surface area contributed by atoms with Gasteiger partial charge < -0.3 is 10.7 Å². The molecule has 5 heteroatoms. The van der Waals surface area contributed by atoms with Crippen molar-refractivity contribution < 1.29 is 0 Å². The zero-order valence-electron chi connectivity index (χ0n) is 11.9. The zero-order chi connectivity index (χ0) is 14.9. The first kappa shape index (κ1) is 15.2. The van der Waals surface area contributed by atoms with Gasteiger partial charge in [0.1, 0.15) is 0 Å². The lowest BCUT2D eigenvalue weighted by Crippen LogP contribution is -1.90. The van der Waals surface area contributed by atoms with Gasteiger partial charge in [-0.05, 0) is 48.4 Å². The summed E-state index contributed by atoms with van der Waals surface area (Å²) in [6.45, 7) is 6.42. The van der Waals surface area contributed by atoms with Crippen molar-refractivity contribution in [3.05, 3.63) is 45.7 Å². The highest BCUT2D eigenvalue weighted by Gasteiger charge is 2.47. The van der Waals surface area contributed by atoms with Crippen molar-refractivity contribution in [2.24, 2.45) is 5.41 Å². The van der Waals surface area contributed by atoms with Crippen LogP contribution in [0.3, 0.4) is 0 Å². The molecule has 3 N–H and O–H groups in total. The van der Waals surface area contributed by atoms with Crippen LogP contribution in [0.2, 0.25) is 10.0 Å². The van der Waals surface area contributed by atoms with Crippen molar-refractivity contribution in [2.45, 2.75) is 33.1 Å². The van der Waals surface area contributed by atoms with Gasteiger partial charge in [-0.2, -0.15) is 0 Å². The topological polar surface area (TPSA) is 54.7 Å². The van der Waals surface area contributed by atoms with Crippen molar-refractivity contribution in [2.75, 3.05) is 5.73 Å². The number of rotatable bonds is 1. The molecule has 2 aromatic rings. The number of nitrogen functional groups attached to an aromatic ring is 1. The van der Waals surface area contributed by atoms with Crippen LogP contribution in [0.25, 0.3) is 0 Å². The van der Waals surface area contributed by atoms with Crippen LogP contribution >= 0.6 is 23.2 Å². The first-order valence-electron chi connectivity index (χ1n) is 6.51. The molecule has 1 heterocycles. The van der Waals surface area contributed by atoms with Crippen molar-refractivity contribution in [1.29, 1.82) is 0 Å². The highest BCUT2D eigenvalue weighted by atomic mass is 35.5. The lowest BCUT2D eigenvalue weighted by molar-refractivity contribution is 0.622. The Hall–Kier alpha value is -1.19. The van der Waals surface area contributed by atoms with E-state index in [4.69, 9.17) is 28.9 Å². The van der Waals surface area contributed by atoms with E-state index in [1.54, 1.807) is 6.20 Å². The second-order valence-corrected chi connectivity index (χ2v) is 6.71. The van der Waals surface area contributed by atoms with E-state index in [1.165, 1.54) is 12.0 Å². The Bertz CT molecular complexity index is 588. The van der Waals surface area contributed by atoms with Gasteiger partial charge in [-0.3, -0.25) is 0 Å². The molecule has 0 amide bonds. The number of aryl methyl sites for hydroxylation is 1. The molecule has 0 radical (unpaired) electrons. The number of imidazole rings is 1. The molecule has 1 aromatic heterocycles. The van der Waals surface area contributed by atoms with E-state index < -0.39 is 0 Å². The van der Waals surface area contributed by atoms with Crippen LogP contribution in [0.5, 0.6) is 0 Å². The maximum Gasteiger partial charge on any atom is 0.197 e. The number of nitrogens with zero attached hydrogens (tertiary/aromatic N) is 1. The number of anilines is 1. The third-order valence-corrected chi connectivity index (χ3v) is 4.15. The minimum atomic E-state index is 0.411. The summed E-state index contributed by atoms with van der Waals surface area (Å²) in [5.74, 6) is 1.08. The van der Waals surface area contributed by atoms with Gasteiger partial charge in [0.05, 0.1) is 0 Å². The highest BCUT2D eigenvalue weighted by Crippen LogP contribution is 2.59. The number of halogens is 2. The Morgan fingerprint density at radius 2 is 2.00 bits per heavy atom. The number of H-pyrrole nitrogens is 1.